The molecule has 1 amide bonds. The van der Waals surface area contributed by atoms with Gasteiger partial charge in [0.1, 0.15) is 4.21 Å². The van der Waals surface area contributed by atoms with E-state index in [-0.39, 0.29) is 16.5 Å². The molecule has 0 bridgehead atoms. The van der Waals surface area contributed by atoms with Gasteiger partial charge in [0.25, 0.3) is 5.91 Å². The van der Waals surface area contributed by atoms with Gasteiger partial charge in [0.15, 0.2) is 6.10 Å². The molecular formula is C20H15ClN2O4S2. The topological polar surface area (TPSA) is 87.5 Å². The zero-order valence-electron chi connectivity index (χ0n) is 15.0. The first-order valence-electron chi connectivity index (χ1n) is 8.76. The van der Waals surface area contributed by atoms with Gasteiger partial charge in [-0.05, 0) is 47.3 Å². The Morgan fingerprint density at radius 2 is 2.07 bits per heavy atom. The number of carbonyl (C=O) groups is 1. The predicted octanol–water partition coefficient (Wildman–Crippen LogP) is 3.93. The lowest BCUT2D eigenvalue weighted by molar-refractivity contribution is -0.133. The van der Waals surface area contributed by atoms with Crippen molar-refractivity contribution in [3.05, 3.63) is 64.7 Å². The number of carbonyl (C=O) groups excluding carboxylic acids is 1. The largest absolute Gasteiger partial charge is 0.336 e. The summed E-state index contributed by atoms with van der Waals surface area (Å²) in [5, 5.41) is 10.2. The lowest BCUT2D eigenvalue weighted by Crippen LogP contribution is -2.31. The number of likely N-dealkylation sites (tertiary alicyclic amines) is 1. The van der Waals surface area contributed by atoms with Crippen molar-refractivity contribution in [1.29, 1.82) is 5.26 Å². The Morgan fingerprint density at radius 1 is 1.24 bits per heavy atom. The Bertz CT molecular complexity index is 1250. The molecule has 0 radical (unpaired) electrons. The molecule has 1 aliphatic heterocycles. The predicted molar refractivity (Wildman–Crippen MR) is 110 cm³/mol. The standard InChI is InChI=1S/C20H15ClN2O4S2/c21-16-4-5-18-15(9-16)10-19(28-18)29(25,26)27-17-6-7-23(20(17)24)12-14-3-1-2-13(8-14)11-22/h1-5,8-10,17H,6-7,12H2. The third kappa shape index (κ3) is 4.14. The zero-order valence-corrected chi connectivity index (χ0v) is 17.4. The average Bonchev–Trinajstić information content (AvgIpc) is 3.27. The maximum atomic E-state index is 12.7. The van der Waals surface area contributed by atoms with Crippen LogP contribution in [0.3, 0.4) is 0 Å². The molecular weight excluding hydrogens is 432 g/mol. The normalized spacial score (nSPS) is 17.0. The minimum Gasteiger partial charge on any atom is -0.336 e. The van der Waals surface area contributed by atoms with Gasteiger partial charge in [-0.3, -0.25) is 8.98 Å². The summed E-state index contributed by atoms with van der Waals surface area (Å²) in [7, 11) is -4.07. The monoisotopic (exact) mass is 446 g/mol. The van der Waals surface area contributed by atoms with Crippen molar-refractivity contribution in [2.24, 2.45) is 0 Å². The quantitative estimate of drug-likeness (QED) is 0.554. The summed E-state index contributed by atoms with van der Waals surface area (Å²) in [5.41, 5.74) is 1.32. The fraction of sp³-hybridized carbons (Fsp3) is 0.200. The van der Waals surface area contributed by atoms with Gasteiger partial charge in [0.2, 0.25) is 0 Å². The SMILES string of the molecule is N#Cc1cccc(CN2CCC(OS(=O)(=O)c3cc4cc(Cl)ccc4s3)C2=O)c1. The van der Waals surface area contributed by atoms with Crippen molar-refractivity contribution in [2.45, 2.75) is 23.3 Å². The number of nitrogens with zero attached hydrogens (tertiary/aromatic N) is 2. The fourth-order valence-corrected chi connectivity index (χ4v) is 5.83. The van der Waals surface area contributed by atoms with Gasteiger partial charge < -0.3 is 4.90 Å². The van der Waals surface area contributed by atoms with Gasteiger partial charge in [0, 0.05) is 29.2 Å². The summed E-state index contributed by atoms with van der Waals surface area (Å²) in [4.78, 5) is 14.2. The second-order valence-electron chi connectivity index (χ2n) is 6.65. The number of hydrogen-bond acceptors (Lipinski definition) is 6. The molecule has 29 heavy (non-hydrogen) atoms. The Hall–Kier alpha value is -2.44. The lowest BCUT2D eigenvalue weighted by atomic mass is 10.1. The van der Waals surface area contributed by atoms with Gasteiger partial charge in [-0.2, -0.15) is 13.7 Å². The number of fused-ring (bicyclic) bond motifs is 1. The van der Waals surface area contributed by atoms with Gasteiger partial charge >= 0.3 is 10.1 Å². The van der Waals surface area contributed by atoms with E-state index in [0.29, 0.717) is 29.1 Å². The highest BCUT2D eigenvalue weighted by molar-refractivity contribution is 7.89. The summed E-state index contributed by atoms with van der Waals surface area (Å²) < 4.78 is 31.5. The van der Waals surface area contributed by atoms with Crippen LogP contribution in [0.1, 0.15) is 17.5 Å². The van der Waals surface area contributed by atoms with Gasteiger partial charge in [-0.25, -0.2) is 0 Å². The fourth-order valence-electron chi connectivity index (χ4n) is 3.23. The molecule has 1 aliphatic rings. The molecule has 1 saturated heterocycles. The van der Waals surface area contributed by atoms with E-state index in [9.17, 15) is 13.2 Å². The number of rotatable bonds is 5. The smallest absolute Gasteiger partial charge is 0.307 e. The van der Waals surface area contributed by atoms with E-state index in [4.69, 9.17) is 21.0 Å². The molecule has 3 aromatic rings. The summed E-state index contributed by atoms with van der Waals surface area (Å²) in [6, 6.07) is 15.7. The van der Waals surface area contributed by atoms with Crippen LogP contribution in [-0.2, 0) is 25.6 Å². The minimum absolute atomic E-state index is 0.0442. The molecule has 0 spiro atoms. The number of hydrogen-bond donors (Lipinski definition) is 0. The molecule has 1 unspecified atom stereocenters. The molecule has 6 nitrogen and oxygen atoms in total. The van der Waals surface area contributed by atoms with Crippen molar-refractivity contribution in [3.63, 3.8) is 0 Å². The molecule has 1 atom stereocenters. The van der Waals surface area contributed by atoms with Crippen LogP contribution in [0.25, 0.3) is 10.1 Å². The van der Waals surface area contributed by atoms with Crippen LogP contribution in [0, 0.1) is 11.3 Å². The number of thiophene rings is 1. The molecule has 2 heterocycles. The summed E-state index contributed by atoms with van der Waals surface area (Å²) in [6.45, 7) is 0.688. The maximum absolute atomic E-state index is 12.7. The lowest BCUT2D eigenvalue weighted by Gasteiger charge is -2.16. The van der Waals surface area contributed by atoms with Crippen LogP contribution in [0.2, 0.25) is 5.02 Å². The van der Waals surface area contributed by atoms with E-state index < -0.39 is 16.2 Å². The van der Waals surface area contributed by atoms with E-state index in [0.717, 1.165) is 21.6 Å². The Balaban J connectivity index is 1.48. The summed E-state index contributed by atoms with van der Waals surface area (Å²) in [5.74, 6) is -0.375. The molecule has 1 aromatic heterocycles. The molecule has 4 rings (SSSR count). The highest BCUT2D eigenvalue weighted by Gasteiger charge is 2.37. The van der Waals surface area contributed by atoms with Crippen LogP contribution in [0.4, 0.5) is 0 Å². The van der Waals surface area contributed by atoms with E-state index in [1.165, 1.54) is 6.07 Å². The summed E-state index contributed by atoms with van der Waals surface area (Å²) >= 11 is 7.03. The Kier molecular flexibility index (Phi) is 5.32. The zero-order chi connectivity index (χ0) is 20.6. The van der Waals surface area contributed by atoms with Crippen molar-refractivity contribution in [3.8, 4) is 6.07 Å². The van der Waals surface area contributed by atoms with Crippen molar-refractivity contribution in [1.82, 2.24) is 4.90 Å². The Morgan fingerprint density at radius 3 is 2.86 bits per heavy atom. The first kappa shape index (κ1) is 19.9. The van der Waals surface area contributed by atoms with Crippen LogP contribution >= 0.6 is 22.9 Å². The average molecular weight is 447 g/mol. The highest BCUT2D eigenvalue weighted by atomic mass is 35.5. The molecule has 0 N–H and O–H groups in total. The third-order valence-electron chi connectivity index (χ3n) is 4.62. The number of halogens is 1. The highest BCUT2D eigenvalue weighted by Crippen LogP contribution is 2.33. The van der Waals surface area contributed by atoms with E-state index >= 15 is 0 Å². The van der Waals surface area contributed by atoms with Gasteiger partial charge in [-0.15, -0.1) is 11.3 Å². The third-order valence-corrected chi connectivity index (χ3v) is 7.73. The number of amides is 1. The van der Waals surface area contributed by atoms with Gasteiger partial charge in [-0.1, -0.05) is 23.7 Å². The van der Waals surface area contributed by atoms with Gasteiger partial charge in [0.05, 0.1) is 11.6 Å². The van der Waals surface area contributed by atoms with Crippen molar-refractivity contribution < 1.29 is 17.4 Å². The van der Waals surface area contributed by atoms with E-state index in [1.54, 1.807) is 41.3 Å². The van der Waals surface area contributed by atoms with Crippen molar-refractivity contribution >= 4 is 49.0 Å². The molecule has 9 heteroatoms. The minimum atomic E-state index is -4.07. The van der Waals surface area contributed by atoms with Crippen LogP contribution in [0.5, 0.6) is 0 Å². The first-order valence-corrected chi connectivity index (χ1v) is 11.4. The molecule has 2 aromatic carbocycles. The second kappa shape index (κ2) is 7.76. The van der Waals surface area contributed by atoms with Crippen LogP contribution < -0.4 is 0 Å². The Labute approximate surface area is 177 Å². The molecule has 148 valence electrons. The van der Waals surface area contributed by atoms with E-state index in [1.807, 2.05) is 6.07 Å². The first-order chi connectivity index (χ1) is 13.9. The molecule has 0 aliphatic carbocycles. The van der Waals surface area contributed by atoms with E-state index in [2.05, 4.69) is 6.07 Å². The number of benzene rings is 2. The second-order valence-corrected chi connectivity index (χ2v) is 9.97. The molecule has 1 fully saturated rings. The van der Waals surface area contributed by atoms with Crippen LogP contribution in [0.15, 0.2) is 52.7 Å². The van der Waals surface area contributed by atoms with Crippen LogP contribution in [-0.4, -0.2) is 31.9 Å². The van der Waals surface area contributed by atoms with Crippen molar-refractivity contribution in [2.75, 3.05) is 6.54 Å². The maximum Gasteiger partial charge on any atom is 0.307 e. The number of nitriles is 1. The summed E-state index contributed by atoms with van der Waals surface area (Å²) in [6.07, 6.45) is -0.764. The molecule has 0 saturated carbocycles.